The molecule has 1 aliphatic carbocycles. The van der Waals surface area contributed by atoms with Crippen LogP contribution in [-0.2, 0) is 0 Å². The van der Waals surface area contributed by atoms with Crippen molar-refractivity contribution in [3.8, 4) is 0 Å². The van der Waals surface area contributed by atoms with Crippen LogP contribution in [-0.4, -0.2) is 50.8 Å². The molecule has 0 aromatic heterocycles. The first kappa shape index (κ1) is 8.64. The van der Waals surface area contributed by atoms with E-state index in [0.717, 1.165) is 13.1 Å². The molecule has 0 amide bonds. The molecule has 2 unspecified atom stereocenters. The summed E-state index contributed by atoms with van der Waals surface area (Å²) in [4.78, 5) is 3.96. The van der Waals surface area contributed by atoms with E-state index >= 15 is 0 Å². The van der Waals surface area contributed by atoms with Crippen molar-refractivity contribution in [2.45, 2.75) is 37.8 Å². The zero-order chi connectivity index (χ0) is 8.55. The largest absolute Gasteiger partial charge is 0.349 e. The van der Waals surface area contributed by atoms with Crippen LogP contribution in [0.5, 0.6) is 0 Å². The van der Waals surface area contributed by atoms with Crippen LogP contribution in [0.25, 0.3) is 0 Å². The first-order valence-corrected chi connectivity index (χ1v) is 4.82. The molecular formula is C8H14B2N2. The van der Waals surface area contributed by atoms with Crippen LogP contribution in [0.3, 0.4) is 0 Å². The Labute approximate surface area is 77.2 Å². The van der Waals surface area contributed by atoms with E-state index in [1.54, 1.807) is 0 Å². The summed E-state index contributed by atoms with van der Waals surface area (Å²) >= 11 is 0. The van der Waals surface area contributed by atoms with Crippen molar-refractivity contribution in [3.05, 3.63) is 0 Å². The molecule has 0 bridgehead atoms. The maximum absolute atomic E-state index is 5.90. The lowest BCUT2D eigenvalue weighted by atomic mass is 9.83. The fraction of sp³-hybridized carbons (Fsp3) is 1.00. The van der Waals surface area contributed by atoms with Gasteiger partial charge in [-0.3, -0.25) is 0 Å². The van der Waals surface area contributed by atoms with E-state index in [4.69, 9.17) is 16.0 Å². The summed E-state index contributed by atoms with van der Waals surface area (Å²) < 4.78 is 0. The van der Waals surface area contributed by atoms with Gasteiger partial charge in [0, 0.05) is 12.1 Å². The number of nitrogens with zero attached hydrogens (tertiary/aromatic N) is 2. The SMILES string of the molecule is [B]N1CCN([B])C2CCCCC21. The van der Waals surface area contributed by atoms with E-state index < -0.39 is 0 Å². The molecule has 0 aromatic rings. The Bertz CT molecular complexity index is 147. The molecule has 2 aliphatic rings. The Morgan fingerprint density at radius 3 is 1.67 bits per heavy atom. The van der Waals surface area contributed by atoms with Crippen molar-refractivity contribution >= 4 is 16.0 Å². The maximum Gasteiger partial charge on any atom is 0.183 e. The predicted octanol–water partition coefficient (Wildman–Crippen LogP) is 0.0822. The molecule has 1 heterocycles. The van der Waals surface area contributed by atoms with Crippen LogP contribution < -0.4 is 0 Å². The predicted molar refractivity (Wildman–Crippen MR) is 51.0 cm³/mol. The topological polar surface area (TPSA) is 6.48 Å². The molecule has 4 heteroatoms. The fourth-order valence-corrected chi connectivity index (χ4v) is 2.43. The third kappa shape index (κ3) is 1.42. The smallest absolute Gasteiger partial charge is 0.183 e. The van der Waals surface area contributed by atoms with E-state index in [2.05, 4.69) is 0 Å². The third-order valence-corrected chi connectivity index (χ3v) is 3.16. The zero-order valence-corrected chi connectivity index (χ0v) is 7.45. The molecular weight excluding hydrogens is 146 g/mol. The lowest BCUT2D eigenvalue weighted by Crippen LogP contribution is -2.58. The van der Waals surface area contributed by atoms with Gasteiger partial charge >= 0.3 is 0 Å². The zero-order valence-electron chi connectivity index (χ0n) is 7.45. The van der Waals surface area contributed by atoms with E-state index in [-0.39, 0.29) is 0 Å². The van der Waals surface area contributed by atoms with Gasteiger partial charge in [0.25, 0.3) is 0 Å². The standard InChI is InChI=1S/C8H14B2N2/c9-11-5-6-12(10)8-4-2-1-3-7(8)11/h7-8H,1-6H2. The quantitative estimate of drug-likeness (QED) is 0.463. The van der Waals surface area contributed by atoms with Crippen LogP contribution in [0.1, 0.15) is 25.7 Å². The second-order valence-corrected chi connectivity index (χ2v) is 3.89. The number of hydrogen-bond acceptors (Lipinski definition) is 2. The van der Waals surface area contributed by atoms with E-state index in [1.807, 2.05) is 9.62 Å². The minimum atomic E-state index is 0.512. The molecule has 1 saturated heterocycles. The molecule has 4 radical (unpaired) electrons. The summed E-state index contributed by atoms with van der Waals surface area (Å²) in [5.41, 5.74) is 0. The number of hydrogen-bond donors (Lipinski definition) is 0. The maximum atomic E-state index is 5.90. The molecule has 2 nitrogen and oxygen atoms in total. The fourth-order valence-electron chi connectivity index (χ4n) is 2.43. The van der Waals surface area contributed by atoms with Crippen LogP contribution in [0.4, 0.5) is 0 Å². The number of rotatable bonds is 0. The molecule has 1 aliphatic heterocycles. The summed E-state index contributed by atoms with van der Waals surface area (Å²) in [6, 6.07) is 1.02. The van der Waals surface area contributed by atoms with Crippen LogP contribution in [0.2, 0.25) is 0 Å². The van der Waals surface area contributed by atoms with E-state index in [0.29, 0.717) is 12.1 Å². The summed E-state index contributed by atoms with van der Waals surface area (Å²) in [6.07, 6.45) is 5.05. The average molecular weight is 160 g/mol. The Balaban J connectivity index is 2.05. The van der Waals surface area contributed by atoms with Crippen molar-refractivity contribution < 1.29 is 0 Å². The number of fused-ring (bicyclic) bond motifs is 1. The highest BCUT2D eigenvalue weighted by molar-refractivity contribution is 6.06. The molecule has 2 rings (SSSR count). The second-order valence-electron chi connectivity index (χ2n) is 3.89. The Hall–Kier alpha value is 0.0499. The van der Waals surface area contributed by atoms with Gasteiger partial charge in [-0.05, 0) is 25.9 Å². The number of piperazine rings is 1. The average Bonchev–Trinajstić information content (AvgIpc) is 2.12. The molecule has 12 heavy (non-hydrogen) atoms. The van der Waals surface area contributed by atoms with Gasteiger partial charge in [0.15, 0.2) is 16.0 Å². The molecule has 2 atom stereocenters. The van der Waals surface area contributed by atoms with Crippen molar-refractivity contribution in [1.82, 2.24) is 9.62 Å². The summed E-state index contributed by atoms with van der Waals surface area (Å²) in [7, 11) is 11.8. The highest BCUT2D eigenvalue weighted by Crippen LogP contribution is 2.27. The Morgan fingerprint density at radius 1 is 0.833 bits per heavy atom. The minimum absolute atomic E-state index is 0.512. The highest BCUT2D eigenvalue weighted by atomic mass is 15.2. The van der Waals surface area contributed by atoms with Gasteiger partial charge in [0.2, 0.25) is 0 Å². The van der Waals surface area contributed by atoms with E-state index in [1.165, 1.54) is 25.7 Å². The summed E-state index contributed by atoms with van der Waals surface area (Å²) in [5, 5.41) is 0. The van der Waals surface area contributed by atoms with Crippen molar-refractivity contribution in [1.29, 1.82) is 0 Å². The molecule has 0 N–H and O–H groups in total. The molecule has 2 fully saturated rings. The van der Waals surface area contributed by atoms with Crippen molar-refractivity contribution in [3.63, 3.8) is 0 Å². The van der Waals surface area contributed by atoms with Gasteiger partial charge in [-0.25, -0.2) is 0 Å². The van der Waals surface area contributed by atoms with Gasteiger partial charge in [-0.15, -0.1) is 0 Å². The second kappa shape index (κ2) is 3.43. The summed E-state index contributed by atoms with van der Waals surface area (Å²) in [5.74, 6) is 0. The molecule has 0 aromatic carbocycles. The van der Waals surface area contributed by atoms with Crippen LogP contribution >= 0.6 is 0 Å². The van der Waals surface area contributed by atoms with Gasteiger partial charge in [0.05, 0.1) is 0 Å². The third-order valence-electron chi connectivity index (χ3n) is 3.16. The first-order chi connectivity index (χ1) is 5.79. The molecule has 0 spiro atoms. The van der Waals surface area contributed by atoms with Crippen molar-refractivity contribution in [2.24, 2.45) is 0 Å². The molecule has 62 valence electrons. The van der Waals surface area contributed by atoms with Crippen LogP contribution in [0.15, 0.2) is 0 Å². The minimum Gasteiger partial charge on any atom is -0.349 e. The summed E-state index contributed by atoms with van der Waals surface area (Å²) in [6.45, 7) is 1.83. The Kier molecular flexibility index (Phi) is 2.47. The first-order valence-electron chi connectivity index (χ1n) is 4.82. The van der Waals surface area contributed by atoms with E-state index in [9.17, 15) is 0 Å². The monoisotopic (exact) mass is 160 g/mol. The lowest BCUT2D eigenvalue weighted by Gasteiger charge is -2.48. The van der Waals surface area contributed by atoms with Gasteiger partial charge in [0.1, 0.15) is 0 Å². The Morgan fingerprint density at radius 2 is 1.25 bits per heavy atom. The lowest BCUT2D eigenvalue weighted by molar-refractivity contribution is 0.0995. The van der Waals surface area contributed by atoms with Crippen LogP contribution in [0, 0.1) is 0 Å². The van der Waals surface area contributed by atoms with Crippen molar-refractivity contribution in [2.75, 3.05) is 13.1 Å². The highest BCUT2D eigenvalue weighted by Gasteiger charge is 2.33. The normalized spacial score (nSPS) is 39.3. The van der Waals surface area contributed by atoms with Gasteiger partial charge in [-0.1, -0.05) is 12.8 Å². The van der Waals surface area contributed by atoms with Gasteiger partial charge < -0.3 is 9.62 Å². The molecule has 1 saturated carbocycles. The van der Waals surface area contributed by atoms with Gasteiger partial charge in [-0.2, -0.15) is 0 Å².